The van der Waals surface area contributed by atoms with Gasteiger partial charge in [0.25, 0.3) is 5.56 Å². The second-order valence-electron chi connectivity index (χ2n) is 7.47. The molecule has 1 N–H and O–H groups in total. The molecule has 26 heavy (non-hydrogen) atoms. The zero-order valence-electron chi connectivity index (χ0n) is 15.3. The van der Waals surface area contributed by atoms with Crippen molar-refractivity contribution in [3.63, 3.8) is 0 Å². The molecule has 0 saturated heterocycles. The van der Waals surface area contributed by atoms with E-state index >= 15 is 0 Å². The van der Waals surface area contributed by atoms with Gasteiger partial charge in [0.2, 0.25) is 0 Å². The van der Waals surface area contributed by atoms with E-state index in [9.17, 15) is 14.7 Å². The molecule has 0 aliphatic rings. The normalized spacial score (nSPS) is 12.0. The molecule has 0 aliphatic heterocycles. The summed E-state index contributed by atoms with van der Waals surface area (Å²) in [6.07, 6.45) is 1.44. The Balaban J connectivity index is 2.10. The third-order valence-electron chi connectivity index (χ3n) is 4.59. The highest BCUT2D eigenvalue weighted by Crippen LogP contribution is 2.31. The topological polar surface area (TPSA) is 72.2 Å². The minimum absolute atomic E-state index is 0.0751. The summed E-state index contributed by atoms with van der Waals surface area (Å²) in [5.74, 6) is -0.500. The number of hydrogen-bond acceptors (Lipinski definition) is 4. The van der Waals surface area contributed by atoms with Gasteiger partial charge in [0.15, 0.2) is 0 Å². The van der Waals surface area contributed by atoms with E-state index < -0.39 is 11.4 Å². The van der Waals surface area contributed by atoms with Gasteiger partial charge in [-0.25, -0.2) is 4.98 Å². The Kier molecular flexibility index (Phi) is 4.71. The van der Waals surface area contributed by atoms with Crippen LogP contribution in [0.5, 0.6) is 0 Å². The zero-order valence-corrected chi connectivity index (χ0v) is 16.1. The lowest BCUT2D eigenvalue weighted by atomic mass is 9.94. The lowest BCUT2D eigenvalue weighted by Gasteiger charge is -2.20. The minimum Gasteiger partial charge on any atom is -0.481 e. The standard InChI is InChI=1S/C20H22N2O3S/c1-12(2)13-5-7-14(8-6-13)15-9-26-17-16(15)18(23)22(11-21-17)10-20(3,4)19(24)25/h5-9,11-12H,10H2,1-4H3,(H,24,25). The number of carboxylic acids is 1. The molecule has 0 spiro atoms. The summed E-state index contributed by atoms with van der Waals surface area (Å²) >= 11 is 1.43. The van der Waals surface area contributed by atoms with Gasteiger partial charge >= 0.3 is 5.97 Å². The second kappa shape index (κ2) is 6.68. The number of carbonyl (C=O) groups is 1. The van der Waals surface area contributed by atoms with E-state index in [1.54, 1.807) is 13.8 Å². The summed E-state index contributed by atoms with van der Waals surface area (Å²) in [5.41, 5.74) is 1.81. The quantitative estimate of drug-likeness (QED) is 0.724. The van der Waals surface area contributed by atoms with Crippen LogP contribution in [0.1, 0.15) is 39.2 Å². The van der Waals surface area contributed by atoms with E-state index in [4.69, 9.17) is 0 Å². The first-order valence-corrected chi connectivity index (χ1v) is 9.39. The fraction of sp³-hybridized carbons (Fsp3) is 0.350. The van der Waals surface area contributed by atoms with Crippen LogP contribution < -0.4 is 5.56 Å². The van der Waals surface area contributed by atoms with Gasteiger partial charge in [0, 0.05) is 17.5 Å². The second-order valence-corrected chi connectivity index (χ2v) is 8.33. The number of aromatic nitrogens is 2. The van der Waals surface area contributed by atoms with Crippen molar-refractivity contribution < 1.29 is 9.90 Å². The summed E-state index contributed by atoms with van der Waals surface area (Å²) in [6, 6.07) is 8.20. The van der Waals surface area contributed by atoms with Crippen LogP contribution in [0.2, 0.25) is 0 Å². The average molecular weight is 370 g/mol. The lowest BCUT2D eigenvalue weighted by Crippen LogP contribution is -2.34. The Morgan fingerprint density at radius 3 is 2.50 bits per heavy atom. The number of fused-ring (bicyclic) bond motifs is 1. The molecule has 6 heteroatoms. The molecule has 136 valence electrons. The van der Waals surface area contributed by atoms with E-state index in [0.29, 0.717) is 16.1 Å². The molecule has 2 aromatic heterocycles. The molecule has 2 heterocycles. The first-order chi connectivity index (χ1) is 12.2. The zero-order chi connectivity index (χ0) is 19.1. The SMILES string of the molecule is CC(C)c1ccc(-c2csc3ncn(CC(C)(C)C(=O)O)c(=O)c23)cc1. The monoisotopic (exact) mass is 370 g/mol. The van der Waals surface area contributed by atoms with Crippen molar-refractivity contribution in [1.82, 2.24) is 9.55 Å². The molecule has 3 rings (SSSR count). The highest BCUT2D eigenvalue weighted by atomic mass is 32.1. The van der Waals surface area contributed by atoms with Crippen LogP contribution >= 0.6 is 11.3 Å². The molecular formula is C20H22N2O3S. The van der Waals surface area contributed by atoms with Crippen LogP contribution in [0, 0.1) is 5.41 Å². The van der Waals surface area contributed by atoms with Gasteiger partial charge in [-0.2, -0.15) is 0 Å². The predicted octanol–water partition coefficient (Wildman–Crippen LogP) is 4.36. The Morgan fingerprint density at radius 1 is 1.27 bits per heavy atom. The Bertz CT molecular complexity index is 1010. The van der Waals surface area contributed by atoms with Crippen LogP contribution in [0.3, 0.4) is 0 Å². The Labute approximate surface area is 155 Å². The molecule has 0 unspecified atom stereocenters. The fourth-order valence-corrected chi connectivity index (χ4v) is 3.74. The number of benzene rings is 1. The Morgan fingerprint density at radius 2 is 1.92 bits per heavy atom. The maximum absolute atomic E-state index is 13.0. The molecule has 0 bridgehead atoms. The predicted molar refractivity (Wildman–Crippen MR) is 105 cm³/mol. The van der Waals surface area contributed by atoms with Gasteiger partial charge in [-0.05, 0) is 30.9 Å². The van der Waals surface area contributed by atoms with Crippen molar-refractivity contribution in [3.05, 3.63) is 51.9 Å². The minimum atomic E-state index is -1.05. The molecule has 5 nitrogen and oxygen atoms in total. The van der Waals surface area contributed by atoms with Gasteiger partial charge in [0.05, 0.1) is 17.1 Å². The molecule has 1 aromatic carbocycles. The number of nitrogens with zero attached hydrogens (tertiary/aromatic N) is 2. The molecular weight excluding hydrogens is 348 g/mol. The van der Waals surface area contributed by atoms with Crippen LogP contribution in [-0.2, 0) is 11.3 Å². The summed E-state index contributed by atoms with van der Waals surface area (Å²) in [4.78, 5) is 29.4. The van der Waals surface area contributed by atoms with Crippen molar-refractivity contribution in [1.29, 1.82) is 0 Å². The molecule has 0 saturated carbocycles. The number of hydrogen-bond donors (Lipinski definition) is 1. The van der Waals surface area contributed by atoms with E-state index in [1.165, 1.54) is 27.8 Å². The molecule has 0 aliphatic carbocycles. The molecule has 0 fully saturated rings. The molecule has 3 aromatic rings. The average Bonchev–Trinajstić information content (AvgIpc) is 3.02. The highest BCUT2D eigenvalue weighted by molar-refractivity contribution is 7.17. The number of carboxylic acid groups (broad SMARTS) is 1. The summed E-state index contributed by atoms with van der Waals surface area (Å²) in [6.45, 7) is 7.56. The van der Waals surface area contributed by atoms with Gasteiger partial charge in [-0.3, -0.25) is 14.2 Å². The summed E-state index contributed by atoms with van der Waals surface area (Å²) in [5, 5.41) is 11.8. The van der Waals surface area contributed by atoms with Crippen molar-refractivity contribution in [2.45, 2.75) is 40.2 Å². The van der Waals surface area contributed by atoms with Crippen molar-refractivity contribution >= 4 is 27.5 Å². The summed E-state index contributed by atoms with van der Waals surface area (Å²) < 4.78 is 1.40. The van der Waals surface area contributed by atoms with Crippen molar-refractivity contribution in [2.75, 3.05) is 0 Å². The van der Waals surface area contributed by atoms with Gasteiger partial charge in [0.1, 0.15) is 4.83 Å². The maximum Gasteiger partial charge on any atom is 0.310 e. The first-order valence-electron chi connectivity index (χ1n) is 8.51. The largest absolute Gasteiger partial charge is 0.481 e. The van der Waals surface area contributed by atoms with Crippen LogP contribution in [0.15, 0.2) is 40.8 Å². The molecule has 0 amide bonds. The van der Waals surface area contributed by atoms with E-state index in [0.717, 1.165) is 11.1 Å². The molecule has 0 atom stereocenters. The van der Waals surface area contributed by atoms with Crippen LogP contribution in [0.25, 0.3) is 21.3 Å². The highest BCUT2D eigenvalue weighted by Gasteiger charge is 2.28. The van der Waals surface area contributed by atoms with Crippen molar-refractivity contribution in [3.8, 4) is 11.1 Å². The Hall–Kier alpha value is -2.47. The van der Waals surface area contributed by atoms with E-state index in [1.807, 2.05) is 17.5 Å². The first kappa shape index (κ1) is 18.3. The summed E-state index contributed by atoms with van der Waals surface area (Å²) in [7, 11) is 0. The van der Waals surface area contributed by atoms with E-state index in [-0.39, 0.29) is 12.1 Å². The number of thiophene rings is 1. The number of aliphatic carboxylic acids is 1. The smallest absolute Gasteiger partial charge is 0.310 e. The van der Waals surface area contributed by atoms with Gasteiger partial charge in [-0.1, -0.05) is 38.1 Å². The van der Waals surface area contributed by atoms with Crippen LogP contribution in [0.4, 0.5) is 0 Å². The fourth-order valence-electron chi connectivity index (χ4n) is 2.83. The third kappa shape index (κ3) is 3.29. The van der Waals surface area contributed by atoms with Crippen LogP contribution in [-0.4, -0.2) is 20.6 Å². The van der Waals surface area contributed by atoms with Gasteiger partial charge < -0.3 is 5.11 Å². The maximum atomic E-state index is 13.0. The van der Waals surface area contributed by atoms with Crippen molar-refractivity contribution in [2.24, 2.45) is 5.41 Å². The van der Waals surface area contributed by atoms with Gasteiger partial charge in [-0.15, -0.1) is 11.3 Å². The lowest BCUT2D eigenvalue weighted by molar-refractivity contribution is -0.147. The molecule has 0 radical (unpaired) electrons. The number of rotatable bonds is 5. The third-order valence-corrected chi connectivity index (χ3v) is 5.48. The van der Waals surface area contributed by atoms with E-state index in [2.05, 4.69) is 31.0 Å².